The molecule has 1 N–H and O–H groups in total. The summed E-state index contributed by atoms with van der Waals surface area (Å²) in [5, 5.41) is 6.93. The Bertz CT molecular complexity index is 1050. The number of rotatable bonds is 3. The topological polar surface area (TPSA) is 88.9 Å². The van der Waals surface area contributed by atoms with Crippen LogP contribution in [0.4, 0.5) is 23.7 Å². The second-order valence-electron chi connectivity index (χ2n) is 8.54. The molecule has 3 heterocycles. The molecule has 0 saturated carbocycles. The smallest absolute Gasteiger partial charge is 0.406 e. The standard InChI is InChI=1S/C22H26F3N5O4/c1-15-13-18(28(2)27-15)19(31)29-9-7-21(8-10-29)14-30(11-12-33-21)20(32)26-16-3-5-17(6-4-16)34-22(23,24)25/h3-6,13H,7-12,14H2,1-2H3,(H,26,32). The Labute approximate surface area is 194 Å². The lowest BCUT2D eigenvalue weighted by atomic mass is 9.89. The highest BCUT2D eigenvalue weighted by Gasteiger charge is 2.42. The second-order valence-corrected chi connectivity index (χ2v) is 8.54. The fourth-order valence-electron chi connectivity index (χ4n) is 4.35. The summed E-state index contributed by atoms with van der Waals surface area (Å²) in [5.41, 5.74) is 1.12. The zero-order valence-corrected chi connectivity index (χ0v) is 18.9. The van der Waals surface area contributed by atoms with Crippen LogP contribution in [0, 0.1) is 6.92 Å². The molecular weight excluding hydrogens is 455 g/mol. The highest BCUT2D eigenvalue weighted by atomic mass is 19.4. The molecule has 3 amide bonds. The molecule has 0 aliphatic carbocycles. The number of urea groups is 1. The maximum Gasteiger partial charge on any atom is 0.573 e. The average Bonchev–Trinajstić information content (AvgIpc) is 3.12. The van der Waals surface area contributed by atoms with Crippen LogP contribution in [-0.4, -0.2) is 76.3 Å². The Kier molecular flexibility index (Phi) is 6.43. The van der Waals surface area contributed by atoms with E-state index in [1.54, 1.807) is 27.6 Å². The van der Waals surface area contributed by atoms with E-state index >= 15 is 0 Å². The summed E-state index contributed by atoms with van der Waals surface area (Å²) in [4.78, 5) is 29.0. The Morgan fingerprint density at radius 1 is 1.12 bits per heavy atom. The number of aryl methyl sites for hydroxylation is 2. The molecule has 4 rings (SSSR count). The van der Waals surface area contributed by atoms with Gasteiger partial charge in [-0.25, -0.2) is 4.79 Å². The summed E-state index contributed by atoms with van der Waals surface area (Å²) in [6.45, 7) is 3.95. The number of aromatic nitrogens is 2. The van der Waals surface area contributed by atoms with Crippen LogP contribution in [0.1, 0.15) is 29.0 Å². The largest absolute Gasteiger partial charge is 0.573 e. The highest BCUT2D eigenvalue weighted by Crippen LogP contribution is 2.31. The summed E-state index contributed by atoms with van der Waals surface area (Å²) in [5.74, 6) is -0.445. The molecule has 0 unspecified atom stereocenters. The van der Waals surface area contributed by atoms with Crippen molar-refractivity contribution in [2.75, 3.05) is 38.1 Å². The fourth-order valence-corrected chi connectivity index (χ4v) is 4.35. The van der Waals surface area contributed by atoms with Crippen LogP contribution >= 0.6 is 0 Å². The zero-order chi connectivity index (χ0) is 24.5. The predicted molar refractivity (Wildman–Crippen MR) is 115 cm³/mol. The molecule has 0 bridgehead atoms. The quantitative estimate of drug-likeness (QED) is 0.728. The number of ether oxygens (including phenoxy) is 2. The number of morpholine rings is 1. The van der Waals surface area contributed by atoms with Gasteiger partial charge in [0, 0.05) is 32.4 Å². The maximum atomic E-state index is 12.9. The first-order chi connectivity index (χ1) is 16.0. The van der Waals surface area contributed by atoms with E-state index in [9.17, 15) is 22.8 Å². The van der Waals surface area contributed by atoms with Crippen molar-refractivity contribution in [3.05, 3.63) is 41.7 Å². The van der Waals surface area contributed by atoms with Gasteiger partial charge in [-0.3, -0.25) is 9.48 Å². The molecule has 0 atom stereocenters. The first kappa shape index (κ1) is 23.9. The average molecular weight is 481 g/mol. The SMILES string of the molecule is Cc1cc(C(=O)N2CCC3(CC2)CN(C(=O)Nc2ccc(OC(F)(F)F)cc2)CCO3)n(C)n1. The first-order valence-corrected chi connectivity index (χ1v) is 10.9. The Balaban J connectivity index is 1.33. The van der Waals surface area contributed by atoms with Gasteiger partial charge < -0.3 is 24.6 Å². The molecule has 2 fully saturated rings. The second kappa shape index (κ2) is 9.16. The Morgan fingerprint density at radius 2 is 1.79 bits per heavy atom. The van der Waals surface area contributed by atoms with Gasteiger partial charge in [0.2, 0.25) is 0 Å². The van der Waals surface area contributed by atoms with E-state index in [2.05, 4.69) is 15.2 Å². The fraction of sp³-hybridized carbons (Fsp3) is 0.500. The van der Waals surface area contributed by atoms with E-state index in [0.717, 1.165) is 17.8 Å². The summed E-state index contributed by atoms with van der Waals surface area (Å²) in [7, 11) is 1.74. The normalized spacial score (nSPS) is 18.1. The lowest BCUT2D eigenvalue weighted by Crippen LogP contribution is -2.59. The van der Waals surface area contributed by atoms with Gasteiger partial charge in [0.15, 0.2) is 0 Å². The van der Waals surface area contributed by atoms with Gasteiger partial charge in [0.1, 0.15) is 11.4 Å². The third kappa shape index (κ3) is 5.44. The van der Waals surface area contributed by atoms with Crippen LogP contribution in [0.2, 0.25) is 0 Å². The van der Waals surface area contributed by atoms with E-state index in [1.165, 1.54) is 12.1 Å². The molecule has 9 nitrogen and oxygen atoms in total. The number of piperidine rings is 1. The first-order valence-electron chi connectivity index (χ1n) is 10.9. The minimum atomic E-state index is -4.77. The number of hydrogen-bond acceptors (Lipinski definition) is 5. The third-order valence-corrected chi connectivity index (χ3v) is 6.06. The number of anilines is 1. The van der Waals surface area contributed by atoms with Gasteiger partial charge >= 0.3 is 12.4 Å². The number of nitrogens with zero attached hydrogens (tertiary/aromatic N) is 4. The molecule has 12 heteroatoms. The Hall–Kier alpha value is -3.28. The van der Waals surface area contributed by atoms with Crippen molar-refractivity contribution >= 4 is 17.6 Å². The number of nitrogens with one attached hydrogen (secondary N) is 1. The van der Waals surface area contributed by atoms with E-state index < -0.39 is 12.0 Å². The van der Waals surface area contributed by atoms with E-state index in [0.29, 0.717) is 57.0 Å². The number of hydrogen-bond donors (Lipinski definition) is 1. The van der Waals surface area contributed by atoms with Gasteiger partial charge in [-0.1, -0.05) is 0 Å². The molecule has 34 heavy (non-hydrogen) atoms. The van der Waals surface area contributed by atoms with Crippen molar-refractivity contribution in [2.45, 2.75) is 31.7 Å². The van der Waals surface area contributed by atoms with Crippen molar-refractivity contribution in [2.24, 2.45) is 7.05 Å². The molecule has 0 radical (unpaired) electrons. The third-order valence-electron chi connectivity index (χ3n) is 6.06. The van der Waals surface area contributed by atoms with Crippen LogP contribution < -0.4 is 10.1 Å². The lowest BCUT2D eigenvalue weighted by molar-refractivity contribution is -0.274. The van der Waals surface area contributed by atoms with E-state index in [-0.39, 0.29) is 17.7 Å². The minimum Gasteiger partial charge on any atom is -0.406 e. The maximum absolute atomic E-state index is 12.9. The monoisotopic (exact) mass is 481 g/mol. The molecule has 1 spiro atoms. The van der Waals surface area contributed by atoms with Crippen molar-refractivity contribution in [1.29, 1.82) is 0 Å². The highest BCUT2D eigenvalue weighted by molar-refractivity contribution is 5.93. The van der Waals surface area contributed by atoms with Gasteiger partial charge in [-0.15, -0.1) is 13.2 Å². The summed E-state index contributed by atoms with van der Waals surface area (Å²) in [6.07, 6.45) is -3.60. The van der Waals surface area contributed by atoms with E-state index in [4.69, 9.17) is 4.74 Å². The molecule has 2 aromatic rings. The molecule has 2 aliphatic heterocycles. The van der Waals surface area contributed by atoms with Gasteiger partial charge in [0.05, 0.1) is 24.4 Å². The number of amides is 3. The van der Waals surface area contributed by atoms with Crippen LogP contribution in [0.15, 0.2) is 30.3 Å². The summed E-state index contributed by atoms with van der Waals surface area (Å²) < 4.78 is 48.4. The van der Waals surface area contributed by atoms with Crippen molar-refractivity contribution in [3.8, 4) is 5.75 Å². The van der Waals surface area contributed by atoms with Gasteiger partial charge in [-0.05, 0) is 50.1 Å². The van der Waals surface area contributed by atoms with Gasteiger partial charge in [-0.2, -0.15) is 5.10 Å². The molecule has 2 aliphatic rings. The van der Waals surface area contributed by atoms with Crippen molar-refractivity contribution in [1.82, 2.24) is 19.6 Å². The van der Waals surface area contributed by atoms with Crippen LogP contribution in [0.3, 0.4) is 0 Å². The van der Waals surface area contributed by atoms with Crippen molar-refractivity contribution < 1.29 is 32.2 Å². The molecule has 1 aromatic carbocycles. The number of alkyl halides is 3. The van der Waals surface area contributed by atoms with Crippen LogP contribution in [0.25, 0.3) is 0 Å². The number of carbonyl (C=O) groups is 2. The number of halogens is 3. The van der Waals surface area contributed by atoms with E-state index in [1.807, 2.05) is 6.92 Å². The predicted octanol–water partition coefficient (Wildman–Crippen LogP) is 3.17. The summed E-state index contributed by atoms with van der Waals surface area (Å²) >= 11 is 0. The lowest BCUT2D eigenvalue weighted by Gasteiger charge is -2.47. The number of benzene rings is 1. The minimum absolute atomic E-state index is 0.0821. The number of likely N-dealkylation sites (tertiary alicyclic amines) is 1. The Morgan fingerprint density at radius 3 is 2.38 bits per heavy atom. The molecule has 1 aromatic heterocycles. The van der Waals surface area contributed by atoms with Crippen LogP contribution in [0.5, 0.6) is 5.75 Å². The molecule has 2 saturated heterocycles. The summed E-state index contributed by atoms with van der Waals surface area (Å²) in [6, 6.07) is 6.37. The zero-order valence-electron chi connectivity index (χ0n) is 18.9. The molecular formula is C22H26F3N5O4. The van der Waals surface area contributed by atoms with Crippen molar-refractivity contribution in [3.63, 3.8) is 0 Å². The van der Waals surface area contributed by atoms with Gasteiger partial charge in [0.25, 0.3) is 5.91 Å². The van der Waals surface area contributed by atoms with Crippen LogP contribution in [-0.2, 0) is 11.8 Å². The molecule has 184 valence electrons. The number of carbonyl (C=O) groups excluding carboxylic acids is 2.